The molecule has 0 saturated carbocycles. The first-order valence-corrected chi connectivity index (χ1v) is 13.4. The van der Waals surface area contributed by atoms with E-state index in [2.05, 4.69) is 97.9 Å². The van der Waals surface area contributed by atoms with Gasteiger partial charge in [-0.2, -0.15) is 0 Å². The van der Waals surface area contributed by atoms with Crippen molar-refractivity contribution in [2.75, 3.05) is 13.3 Å². The van der Waals surface area contributed by atoms with Gasteiger partial charge in [0, 0.05) is 0 Å². The van der Waals surface area contributed by atoms with Crippen molar-refractivity contribution in [1.29, 1.82) is 0 Å². The van der Waals surface area contributed by atoms with E-state index in [0.717, 1.165) is 6.16 Å². The molecule has 3 rings (SSSR count). The van der Waals surface area contributed by atoms with Gasteiger partial charge in [0.2, 0.25) is 0 Å². The van der Waals surface area contributed by atoms with Crippen LogP contribution in [0.15, 0.2) is 91.0 Å². The van der Waals surface area contributed by atoms with Crippen molar-refractivity contribution >= 4 is 22.7 Å². The van der Waals surface area contributed by atoms with Gasteiger partial charge in [-0.25, -0.2) is 0 Å². The third kappa shape index (κ3) is 4.18. The minimum atomic E-state index is -3.03. The summed E-state index contributed by atoms with van der Waals surface area (Å²) < 4.78 is 6.84. The fourth-order valence-electron chi connectivity index (χ4n) is 4.67. The van der Waals surface area contributed by atoms with Crippen LogP contribution in [0, 0.1) is 0 Å². The van der Waals surface area contributed by atoms with Crippen LogP contribution in [0.1, 0.15) is 45.4 Å². The first-order chi connectivity index (χ1) is 14.3. The van der Waals surface area contributed by atoms with E-state index in [1.54, 1.807) is 0 Å². The van der Waals surface area contributed by atoms with Gasteiger partial charge in [0.15, 0.2) is 0 Å². The summed E-state index contributed by atoms with van der Waals surface area (Å²) in [5.74, 6) is 0. The fraction of sp³-hybridized carbons (Fsp3) is 0.333. The second-order valence-corrected chi connectivity index (χ2v) is 12.7. The number of hydrogen-bond acceptors (Lipinski definition) is 1. The van der Waals surface area contributed by atoms with E-state index in [1.807, 2.05) is 7.11 Å². The first-order valence-electron chi connectivity index (χ1n) is 11.0. The Kier molecular flexibility index (Phi) is 7.64. The van der Waals surface area contributed by atoms with Crippen molar-refractivity contribution in [1.82, 2.24) is 0 Å². The zero-order valence-corrected chi connectivity index (χ0v) is 18.9. The molecule has 3 aromatic carbocycles. The summed E-state index contributed by atoms with van der Waals surface area (Å²) >= 11 is 0. The van der Waals surface area contributed by atoms with Gasteiger partial charge in [-0.3, -0.25) is 0 Å². The molecule has 0 aliphatic carbocycles. The van der Waals surface area contributed by atoms with Crippen LogP contribution in [0.25, 0.3) is 0 Å². The van der Waals surface area contributed by atoms with E-state index >= 15 is 0 Å². The zero-order chi connectivity index (χ0) is 20.4. The molecule has 0 atom stereocenters. The molecule has 0 unspecified atom stereocenters. The topological polar surface area (TPSA) is 9.23 Å². The Balaban J connectivity index is 2.15. The molecule has 0 amide bonds. The Morgan fingerprint density at radius 2 is 0.931 bits per heavy atom. The van der Waals surface area contributed by atoms with Crippen LogP contribution >= 0.6 is 6.83 Å². The van der Waals surface area contributed by atoms with Gasteiger partial charge < -0.3 is 0 Å². The van der Waals surface area contributed by atoms with Gasteiger partial charge in [0.1, 0.15) is 0 Å². The summed E-state index contributed by atoms with van der Waals surface area (Å²) in [6.07, 6.45) is 8.75. The van der Waals surface area contributed by atoms with E-state index in [0.29, 0.717) is 0 Å². The van der Waals surface area contributed by atoms with Gasteiger partial charge >= 0.3 is 177 Å². The van der Waals surface area contributed by atoms with Crippen molar-refractivity contribution in [2.45, 2.75) is 45.4 Å². The summed E-state index contributed by atoms with van der Waals surface area (Å²) in [4.78, 5) is 0. The minimum absolute atomic E-state index is 1.05. The molecule has 0 radical (unpaired) electrons. The molecule has 3 aromatic rings. The fourth-order valence-corrected chi connectivity index (χ4v) is 10.4. The summed E-state index contributed by atoms with van der Waals surface area (Å²) in [5.41, 5.74) is 0. The van der Waals surface area contributed by atoms with Crippen LogP contribution in [-0.4, -0.2) is 13.3 Å². The Labute approximate surface area is 177 Å². The molecule has 0 aliphatic rings. The molecule has 0 heterocycles. The Bertz CT molecular complexity index is 746. The summed E-state index contributed by atoms with van der Waals surface area (Å²) in [6.45, 7) is -0.754. The predicted molar refractivity (Wildman–Crippen MR) is 130 cm³/mol. The second kappa shape index (κ2) is 10.2. The van der Waals surface area contributed by atoms with Crippen LogP contribution in [0.3, 0.4) is 0 Å². The van der Waals surface area contributed by atoms with E-state index in [4.69, 9.17) is 4.52 Å². The van der Waals surface area contributed by atoms with Crippen LogP contribution in [0.5, 0.6) is 0 Å². The third-order valence-electron chi connectivity index (χ3n) is 6.25. The monoisotopic (exact) mass is 406 g/mol. The van der Waals surface area contributed by atoms with Crippen molar-refractivity contribution in [3.05, 3.63) is 91.0 Å². The molecule has 29 heavy (non-hydrogen) atoms. The number of rotatable bonds is 11. The number of hydrogen-bond donors (Lipinski definition) is 0. The van der Waals surface area contributed by atoms with Crippen molar-refractivity contribution in [3.8, 4) is 0 Å². The molecule has 0 spiro atoms. The molecule has 0 N–H and O–H groups in total. The van der Waals surface area contributed by atoms with Crippen molar-refractivity contribution in [3.63, 3.8) is 0 Å². The Morgan fingerprint density at radius 3 is 1.31 bits per heavy atom. The molecule has 0 fully saturated rings. The molecule has 0 aliphatic heterocycles. The zero-order valence-electron chi connectivity index (χ0n) is 18.0. The SMILES string of the molecule is CCCCCCCCP(OC)(c1ccccc1)(c1ccccc1)c1ccccc1. The van der Waals surface area contributed by atoms with E-state index in [9.17, 15) is 0 Å². The predicted octanol–water partition coefficient (Wildman–Crippen LogP) is 6.44. The maximum atomic E-state index is 6.84. The Morgan fingerprint density at radius 1 is 0.552 bits per heavy atom. The first kappa shape index (κ1) is 21.8. The van der Waals surface area contributed by atoms with Crippen molar-refractivity contribution in [2.24, 2.45) is 0 Å². The van der Waals surface area contributed by atoms with Crippen LogP contribution in [0.2, 0.25) is 0 Å². The normalized spacial score (nSPS) is 13.0. The average Bonchev–Trinajstić information content (AvgIpc) is 2.81. The second-order valence-electron chi connectivity index (χ2n) is 7.89. The molecule has 0 bridgehead atoms. The summed E-state index contributed by atoms with van der Waals surface area (Å²) in [6, 6.07) is 32.9. The maximum absolute atomic E-state index is 6.84. The molecule has 1 nitrogen and oxygen atoms in total. The number of unbranched alkanes of at least 4 members (excludes halogenated alkanes) is 5. The molecule has 2 heteroatoms. The van der Waals surface area contributed by atoms with E-state index < -0.39 is 6.83 Å². The van der Waals surface area contributed by atoms with Crippen LogP contribution in [-0.2, 0) is 4.52 Å². The van der Waals surface area contributed by atoms with Gasteiger partial charge in [0.05, 0.1) is 0 Å². The van der Waals surface area contributed by atoms with Gasteiger partial charge in [-0.15, -0.1) is 0 Å². The van der Waals surface area contributed by atoms with Crippen LogP contribution in [0.4, 0.5) is 0 Å². The molecule has 154 valence electrons. The van der Waals surface area contributed by atoms with E-state index in [-0.39, 0.29) is 0 Å². The van der Waals surface area contributed by atoms with Gasteiger partial charge in [-0.05, 0) is 0 Å². The quantitative estimate of drug-likeness (QED) is 0.263. The van der Waals surface area contributed by atoms with E-state index in [1.165, 1.54) is 54.4 Å². The standard InChI is InChI=1S/C27H35OP/c1-3-4-5-6-7-17-24-29(28-2,25-18-11-8-12-19-25,26-20-13-9-14-21-26)27-22-15-10-16-23-27/h8-16,18-23H,3-7,17,24H2,1-2H3. The summed E-state index contributed by atoms with van der Waals surface area (Å²) in [5, 5.41) is 3.98. The molecule has 0 aromatic heterocycles. The third-order valence-corrected chi connectivity index (χ3v) is 12.4. The van der Waals surface area contributed by atoms with Gasteiger partial charge in [-0.1, -0.05) is 0 Å². The van der Waals surface area contributed by atoms with Gasteiger partial charge in [0.25, 0.3) is 0 Å². The van der Waals surface area contributed by atoms with Crippen molar-refractivity contribution < 1.29 is 4.52 Å². The van der Waals surface area contributed by atoms with Crippen LogP contribution < -0.4 is 15.9 Å². The Hall–Kier alpha value is -1.95. The summed E-state index contributed by atoms with van der Waals surface area (Å²) in [7, 11) is 1.93. The number of benzene rings is 3. The average molecular weight is 407 g/mol. The molecule has 0 saturated heterocycles. The molecular formula is C27H35OP. The molecular weight excluding hydrogens is 371 g/mol.